The predicted molar refractivity (Wildman–Crippen MR) is 99.1 cm³/mol. The van der Waals surface area contributed by atoms with E-state index in [1.807, 2.05) is 11.8 Å². The maximum Gasteiger partial charge on any atom is 0.189 e. The molecule has 2 heterocycles. The molecule has 0 amide bonds. The first kappa shape index (κ1) is 17.6. The quantitative estimate of drug-likeness (QED) is 0.750. The van der Waals surface area contributed by atoms with Crippen molar-refractivity contribution in [2.24, 2.45) is 0 Å². The minimum absolute atomic E-state index is 0.0904. The number of rotatable bonds is 2. The lowest BCUT2D eigenvalue weighted by atomic mass is 10.1. The molecule has 4 rings (SSSR count). The van der Waals surface area contributed by atoms with E-state index < -0.39 is 17.5 Å². The van der Waals surface area contributed by atoms with Crippen molar-refractivity contribution in [2.75, 3.05) is 24.5 Å². The fourth-order valence-electron chi connectivity index (χ4n) is 3.54. The Morgan fingerprint density at radius 3 is 2.56 bits per heavy atom. The number of nitrogens with one attached hydrogen (secondary N) is 1. The van der Waals surface area contributed by atoms with Crippen LogP contribution in [0.5, 0.6) is 0 Å². The zero-order valence-electron chi connectivity index (χ0n) is 14.7. The van der Waals surface area contributed by atoms with Crippen LogP contribution in [0.1, 0.15) is 6.92 Å². The van der Waals surface area contributed by atoms with Crippen LogP contribution in [0.2, 0.25) is 0 Å². The van der Waals surface area contributed by atoms with Gasteiger partial charge in [-0.25, -0.2) is 13.2 Å². The Hall–Kier alpha value is -2.80. The van der Waals surface area contributed by atoms with Crippen LogP contribution >= 0.6 is 0 Å². The molecule has 27 heavy (non-hydrogen) atoms. The maximum atomic E-state index is 14.7. The average molecular weight is 373 g/mol. The molecule has 0 radical (unpaired) electrons. The van der Waals surface area contributed by atoms with E-state index in [4.69, 9.17) is 0 Å². The van der Waals surface area contributed by atoms with Gasteiger partial charge in [-0.05, 0) is 31.2 Å². The highest BCUT2D eigenvalue weighted by Gasteiger charge is 2.21. The van der Waals surface area contributed by atoms with Crippen molar-refractivity contribution < 1.29 is 13.2 Å². The average Bonchev–Trinajstić information content (AvgIpc) is 2.63. The van der Waals surface area contributed by atoms with E-state index in [9.17, 15) is 18.0 Å². The van der Waals surface area contributed by atoms with Gasteiger partial charge in [0, 0.05) is 49.4 Å². The molecule has 1 atom stereocenters. The molecule has 140 valence electrons. The molecule has 0 aliphatic carbocycles. The zero-order chi connectivity index (χ0) is 19.1. The van der Waals surface area contributed by atoms with E-state index in [1.165, 1.54) is 29.0 Å². The van der Waals surface area contributed by atoms with Gasteiger partial charge in [-0.15, -0.1) is 0 Å². The van der Waals surface area contributed by atoms with Gasteiger partial charge in [-0.1, -0.05) is 0 Å². The molecular formula is C20H18F3N3O. The highest BCUT2D eigenvalue weighted by atomic mass is 19.1. The number of halogens is 3. The van der Waals surface area contributed by atoms with Gasteiger partial charge < -0.3 is 14.8 Å². The van der Waals surface area contributed by atoms with Gasteiger partial charge in [-0.3, -0.25) is 4.79 Å². The molecule has 7 heteroatoms. The maximum absolute atomic E-state index is 14.7. The SMILES string of the molecule is CC1CN(c2cc3c(cc2F)c(=O)ccn3-c2ccc(F)cc2F)CCN1. The summed E-state index contributed by atoms with van der Waals surface area (Å²) in [6, 6.07) is 7.42. The number of hydrogen-bond acceptors (Lipinski definition) is 3. The Morgan fingerprint density at radius 1 is 1.04 bits per heavy atom. The standard InChI is InChI=1S/C20H18F3N3O/c1-12-11-25(7-5-24-12)19-10-18-14(9-16(19)23)20(27)4-6-26(18)17-3-2-13(21)8-15(17)22/h2-4,6,8-10,12,24H,5,7,11H2,1H3. The molecule has 1 aliphatic heterocycles. The molecule has 1 saturated heterocycles. The second kappa shape index (κ2) is 6.74. The number of benzene rings is 2. The van der Waals surface area contributed by atoms with E-state index in [-0.39, 0.29) is 22.5 Å². The highest BCUT2D eigenvalue weighted by Crippen LogP contribution is 2.28. The third kappa shape index (κ3) is 3.19. The second-order valence-corrected chi connectivity index (χ2v) is 6.77. The van der Waals surface area contributed by atoms with Crippen molar-refractivity contribution in [3.05, 3.63) is 70.3 Å². The fraction of sp³-hybridized carbons (Fsp3) is 0.250. The van der Waals surface area contributed by atoms with Crippen LogP contribution in [0.4, 0.5) is 18.9 Å². The molecule has 3 aromatic rings. The number of hydrogen-bond donors (Lipinski definition) is 1. The monoisotopic (exact) mass is 373 g/mol. The summed E-state index contributed by atoms with van der Waals surface area (Å²) < 4.78 is 43.8. The third-order valence-corrected chi connectivity index (χ3v) is 4.84. The largest absolute Gasteiger partial charge is 0.366 e. The predicted octanol–water partition coefficient (Wildman–Crippen LogP) is 3.21. The van der Waals surface area contributed by atoms with Gasteiger partial charge in [0.25, 0.3) is 0 Å². The molecule has 0 bridgehead atoms. The lowest BCUT2D eigenvalue weighted by molar-refractivity contribution is 0.479. The number of anilines is 1. The molecule has 1 N–H and O–H groups in total. The highest BCUT2D eigenvalue weighted by molar-refractivity contribution is 5.84. The van der Waals surface area contributed by atoms with Crippen molar-refractivity contribution in [1.29, 1.82) is 0 Å². The fourth-order valence-corrected chi connectivity index (χ4v) is 3.54. The van der Waals surface area contributed by atoms with Gasteiger partial charge in [0.2, 0.25) is 0 Å². The Balaban J connectivity index is 1.94. The van der Waals surface area contributed by atoms with Gasteiger partial charge in [0.15, 0.2) is 5.43 Å². The molecule has 0 spiro atoms. The normalized spacial score (nSPS) is 17.5. The number of pyridine rings is 1. The minimum Gasteiger partial charge on any atom is -0.366 e. The Morgan fingerprint density at radius 2 is 1.81 bits per heavy atom. The van der Waals surface area contributed by atoms with Crippen LogP contribution in [-0.4, -0.2) is 30.2 Å². The molecule has 4 nitrogen and oxygen atoms in total. The third-order valence-electron chi connectivity index (χ3n) is 4.84. The lowest BCUT2D eigenvalue weighted by Crippen LogP contribution is -2.49. The van der Waals surface area contributed by atoms with Gasteiger partial charge in [-0.2, -0.15) is 0 Å². The van der Waals surface area contributed by atoms with Gasteiger partial charge in [0.05, 0.1) is 16.9 Å². The minimum atomic E-state index is -0.762. The van der Waals surface area contributed by atoms with E-state index in [2.05, 4.69) is 5.32 Å². The zero-order valence-corrected chi connectivity index (χ0v) is 14.7. The van der Waals surface area contributed by atoms with E-state index in [0.29, 0.717) is 30.8 Å². The van der Waals surface area contributed by atoms with E-state index in [0.717, 1.165) is 12.1 Å². The summed E-state index contributed by atoms with van der Waals surface area (Å²) in [6.07, 6.45) is 1.42. The second-order valence-electron chi connectivity index (χ2n) is 6.77. The van der Waals surface area contributed by atoms with Crippen LogP contribution in [-0.2, 0) is 0 Å². The molecule has 1 aromatic heterocycles. The summed E-state index contributed by atoms with van der Waals surface area (Å²) in [5.41, 5.74) is 0.462. The van der Waals surface area contributed by atoms with Gasteiger partial charge >= 0.3 is 0 Å². The summed E-state index contributed by atoms with van der Waals surface area (Å²) in [6.45, 7) is 3.96. The topological polar surface area (TPSA) is 37.3 Å². The summed E-state index contributed by atoms with van der Waals surface area (Å²) in [5, 5.41) is 3.44. The van der Waals surface area contributed by atoms with Crippen LogP contribution in [0.25, 0.3) is 16.6 Å². The molecular weight excluding hydrogens is 355 g/mol. The van der Waals surface area contributed by atoms with Crippen LogP contribution in [0.3, 0.4) is 0 Å². The molecule has 1 unspecified atom stereocenters. The molecule has 1 fully saturated rings. The van der Waals surface area contributed by atoms with Gasteiger partial charge in [0.1, 0.15) is 17.5 Å². The first-order valence-corrected chi connectivity index (χ1v) is 8.73. The van der Waals surface area contributed by atoms with Crippen molar-refractivity contribution >= 4 is 16.6 Å². The number of piperazine rings is 1. The summed E-state index contributed by atoms with van der Waals surface area (Å²) in [4.78, 5) is 14.1. The van der Waals surface area contributed by atoms with Crippen molar-refractivity contribution in [3.63, 3.8) is 0 Å². The number of nitrogens with zero attached hydrogens (tertiary/aromatic N) is 2. The smallest absolute Gasteiger partial charge is 0.189 e. The molecule has 0 saturated carbocycles. The van der Waals surface area contributed by atoms with Crippen molar-refractivity contribution in [3.8, 4) is 5.69 Å². The first-order valence-electron chi connectivity index (χ1n) is 8.73. The summed E-state index contributed by atoms with van der Waals surface area (Å²) >= 11 is 0. The Bertz CT molecular complexity index is 1080. The first-order chi connectivity index (χ1) is 12.9. The van der Waals surface area contributed by atoms with E-state index in [1.54, 1.807) is 6.07 Å². The Labute approximate surface area is 153 Å². The number of aromatic nitrogens is 1. The van der Waals surface area contributed by atoms with Crippen LogP contribution < -0.4 is 15.6 Å². The number of fused-ring (bicyclic) bond motifs is 1. The molecule has 1 aliphatic rings. The molecule has 2 aromatic carbocycles. The summed E-state index contributed by atoms with van der Waals surface area (Å²) in [5.74, 6) is -1.95. The van der Waals surface area contributed by atoms with Crippen LogP contribution in [0, 0.1) is 17.5 Å². The van der Waals surface area contributed by atoms with Crippen molar-refractivity contribution in [1.82, 2.24) is 9.88 Å². The van der Waals surface area contributed by atoms with E-state index >= 15 is 0 Å². The van der Waals surface area contributed by atoms with Crippen molar-refractivity contribution in [2.45, 2.75) is 13.0 Å². The van der Waals surface area contributed by atoms with Crippen LogP contribution in [0.15, 0.2) is 47.4 Å². The lowest BCUT2D eigenvalue weighted by Gasteiger charge is -2.34. The Kier molecular flexibility index (Phi) is 4.39. The summed E-state index contributed by atoms with van der Waals surface area (Å²) in [7, 11) is 0.